The van der Waals surface area contributed by atoms with Gasteiger partial charge in [-0.15, -0.1) is 0 Å². The number of ether oxygens (including phenoxy) is 2. The second-order valence-electron chi connectivity index (χ2n) is 7.36. The molecule has 0 unspecified atom stereocenters. The lowest BCUT2D eigenvalue weighted by molar-refractivity contribution is -0.157. The molecule has 0 saturated heterocycles. The van der Waals surface area contributed by atoms with Crippen LogP contribution in [0.1, 0.15) is 41.0 Å². The van der Waals surface area contributed by atoms with E-state index < -0.39 is 17.5 Å². The number of esters is 2. The van der Waals surface area contributed by atoms with Crippen LogP contribution in [0, 0.1) is 17.3 Å². The number of fused-ring (bicyclic) bond motifs is 2. The van der Waals surface area contributed by atoms with Gasteiger partial charge in [-0.05, 0) is 30.6 Å². The molecule has 0 aromatic rings. The summed E-state index contributed by atoms with van der Waals surface area (Å²) in [6.07, 6.45) is 3.09. The van der Waals surface area contributed by atoms with Gasteiger partial charge in [0.25, 0.3) is 0 Å². The highest BCUT2D eigenvalue weighted by Gasteiger charge is 2.54. The van der Waals surface area contributed by atoms with Gasteiger partial charge in [0.05, 0.1) is 5.92 Å². The molecule has 1 aliphatic heterocycles. The van der Waals surface area contributed by atoms with Crippen LogP contribution < -0.4 is 0 Å². The molecular formula is C19H22O5. The van der Waals surface area contributed by atoms with Gasteiger partial charge in [-0.3, -0.25) is 9.59 Å². The highest BCUT2D eigenvalue weighted by molar-refractivity contribution is 5.96. The van der Waals surface area contributed by atoms with Gasteiger partial charge in [0.1, 0.15) is 11.9 Å². The van der Waals surface area contributed by atoms with E-state index in [9.17, 15) is 14.4 Å². The highest BCUT2D eigenvalue weighted by atomic mass is 16.6. The van der Waals surface area contributed by atoms with Crippen molar-refractivity contribution >= 4 is 17.7 Å². The molecule has 0 amide bonds. The molecule has 0 radical (unpaired) electrons. The molecule has 3 rings (SSSR count). The summed E-state index contributed by atoms with van der Waals surface area (Å²) in [4.78, 5) is 36.3. The lowest BCUT2D eigenvalue weighted by atomic mass is 9.59. The summed E-state index contributed by atoms with van der Waals surface area (Å²) < 4.78 is 11.2. The Morgan fingerprint density at radius 3 is 2.62 bits per heavy atom. The topological polar surface area (TPSA) is 69.7 Å². The fraction of sp³-hybridized carbons (Fsp3) is 0.526. The monoisotopic (exact) mass is 330 g/mol. The van der Waals surface area contributed by atoms with E-state index in [1.54, 1.807) is 32.9 Å². The zero-order valence-electron chi connectivity index (χ0n) is 14.6. The molecule has 5 heteroatoms. The van der Waals surface area contributed by atoms with Crippen LogP contribution in [0.3, 0.4) is 0 Å². The van der Waals surface area contributed by atoms with Crippen LogP contribution >= 0.6 is 0 Å². The summed E-state index contributed by atoms with van der Waals surface area (Å²) in [6.45, 7) is 9.20. The Bertz CT molecular complexity index is 737. The Labute approximate surface area is 141 Å². The Kier molecular flexibility index (Phi) is 3.78. The maximum absolute atomic E-state index is 12.3. The molecule has 0 aromatic carbocycles. The quantitative estimate of drug-likeness (QED) is 0.728. The minimum Gasteiger partial charge on any atom is -0.456 e. The average Bonchev–Trinajstić information content (AvgIpc) is 2.76. The molecule has 1 heterocycles. The van der Waals surface area contributed by atoms with Gasteiger partial charge in [0, 0.05) is 23.0 Å². The largest absolute Gasteiger partial charge is 0.456 e. The van der Waals surface area contributed by atoms with Crippen molar-refractivity contribution in [3.63, 3.8) is 0 Å². The van der Waals surface area contributed by atoms with Crippen LogP contribution in [0.4, 0.5) is 0 Å². The van der Waals surface area contributed by atoms with E-state index in [1.165, 1.54) is 0 Å². The van der Waals surface area contributed by atoms with Crippen molar-refractivity contribution < 1.29 is 23.9 Å². The van der Waals surface area contributed by atoms with Gasteiger partial charge >= 0.3 is 11.9 Å². The third kappa shape index (κ3) is 2.26. The third-order valence-corrected chi connectivity index (χ3v) is 5.45. The summed E-state index contributed by atoms with van der Waals surface area (Å²) in [5.74, 6) is -0.633. The first kappa shape index (κ1) is 16.7. The molecule has 3 atom stereocenters. The first-order valence-electron chi connectivity index (χ1n) is 8.26. The SMILES string of the molecule is CC1=C2C(=CC3=CC(=O)C[C@H](C)[C@@]3(C)[C@@H]2OC(=O)C(C)C)OC1=O. The van der Waals surface area contributed by atoms with E-state index in [4.69, 9.17) is 9.47 Å². The summed E-state index contributed by atoms with van der Waals surface area (Å²) >= 11 is 0. The van der Waals surface area contributed by atoms with Crippen LogP contribution in [-0.4, -0.2) is 23.8 Å². The van der Waals surface area contributed by atoms with Gasteiger partial charge in [-0.1, -0.05) is 27.7 Å². The molecule has 24 heavy (non-hydrogen) atoms. The molecular weight excluding hydrogens is 308 g/mol. The van der Waals surface area contributed by atoms with E-state index in [0.29, 0.717) is 23.3 Å². The molecule has 0 bridgehead atoms. The number of ketones is 1. The smallest absolute Gasteiger partial charge is 0.339 e. The minimum atomic E-state index is -0.631. The summed E-state index contributed by atoms with van der Waals surface area (Å²) in [7, 11) is 0. The number of hydrogen-bond donors (Lipinski definition) is 0. The fourth-order valence-corrected chi connectivity index (χ4v) is 3.63. The molecule has 0 aromatic heterocycles. The Hall–Kier alpha value is -2.17. The molecule has 2 aliphatic carbocycles. The van der Waals surface area contributed by atoms with Gasteiger partial charge in [0.2, 0.25) is 0 Å². The van der Waals surface area contributed by atoms with Gasteiger partial charge in [-0.25, -0.2) is 4.79 Å². The number of hydrogen-bond acceptors (Lipinski definition) is 5. The summed E-state index contributed by atoms with van der Waals surface area (Å²) in [6, 6.07) is 0. The van der Waals surface area contributed by atoms with Crippen molar-refractivity contribution in [2.24, 2.45) is 17.3 Å². The first-order chi connectivity index (χ1) is 11.2. The molecule has 3 aliphatic rings. The normalized spacial score (nSPS) is 32.1. The van der Waals surface area contributed by atoms with Gasteiger partial charge < -0.3 is 9.47 Å². The van der Waals surface area contributed by atoms with Crippen LogP contribution in [-0.2, 0) is 23.9 Å². The van der Waals surface area contributed by atoms with Gasteiger partial charge in [-0.2, -0.15) is 0 Å². The average molecular weight is 330 g/mol. The van der Waals surface area contributed by atoms with Gasteiger partial charge in [0.15, 0.2) is 5.78 Å². The zero-order valence-corrected chi connectivity index (χ0v) is 14.6. The molecule has 0 fully saturated rings. The van der Waals surface area contributed by atoms with E-state index in [1.807, 2.05) is 13.8 Å². The molecule has 0 spiro atoms. The Balaban J connectivity index is 2.19. The summed E-state index contributed by atoms with van der Waals surface area (Å²) in [5, 5.41) is 0. The van der Waals surface area contributed by atoms with Crippen molar-refractivity contribution in [2.75, 3.05) is 0 Å². The van der Waals surface area contributed by atoms with Crippen molar-refractivity contribution in [3.05, 3.63) is 34.6 Å². The standard InChI is InChI=1S/C19H22O5/c1-9(2)17(21)24-16-15-11(4)18(22)23-14(15)8-12-7-13(20)6-10(3)19(12,16)5/h7-10,16H,6H2,1-5H3/t10-,16+,19+/m0/s1. The number of allylic oxidation sites excluding steroid dienone is 2. The van der Waals surface area contributed by atoms with Crippen LogP contribution in [0.2, 0.25) is 0 Å². The second kappa shape index (κ2) is 5.43. The van der Waals surface area contributed by atoms with Crippen molar-refractivity contribution in [1.82, 2.24) is 0 Å². The lowest BCUT2D eigenvalue weighted by Crippen LogP contribution is -2.48. The Morgan fingerprint density at radius 2 is 2.00 bits per heavy atom. The van der Waals surface area contributed by atoms with Crippen molar-refractivity contribution in [3.8, 4) is 0 Å². The molecule has 5 nitrogen and oxygen atoms in total. The third-order valence-electron chi connectivity index (χ3n) is 5.45. The van der Waals surface area contributed by atoms with Crippen LogP contribution in [0.15, 0.2) is 34.6 Å². The maximum Gasteiger partial charge on any atom is 0.339 e. The number of rotatable bonds is 2. The predicted molar refractivity (Wildman–Crippen MR) is 86.6 cm³/mol. The molecule has 0 N–H and O–H groups in total. The lowest BCUT2D eigenvalue weighted by Gasteiger charge is -2.47. The van der Waals surface area contributed by atoms with Crippen LogP contribution in [0.5, 0.6) is 0 Å². The van der Waals surface area contributed by atoms with Crippen molar-refractivity contribution in [1.29, 1.82) is 0 Å². The Morgan fingerprint density at radius 1 is 1.33 bits per heavy atom. The highest BCUT2D eigenvalue weighted by Crippen LogP contribution is 2.54. The minimum absolute atomic E-state index is 0.0243. The fourth-order valence-electron chi connectivity index (χ4n) is 3.63. The van der Waals surface area contributed by atoms with E-state index in [0.717, 1.165) is 5.57 Å². The molecule has 0 saturated carbocycles. The predicted octanol–water partition coefficient (Wildman–Crippen LogP) is 2.87. The number of carbonyl (C=O) groups is 3. The van der Waals surface area contributed by atoms with Crippen molar-refractivity contribution in [2.45, 2.75) is 47.1 Å². The van der Waals surface area contributed by atoms with E-state index in [2.05, 4.69) is 0 Å². The van der Waals surface area contributed by atoms with Crippen LogP contribution in [0.25, 0.3) is 0 Å². The second-order valence-corrected chi connectivity index (χ2v) is 7.36. The molecule has 128 valence electrons. The number of carbonyl (C=O) groups excluding carboxylic acids is 3. The maximum atomic E-state index is 12.3. The summed E-state index contributed by atoms with van der Waals surface area (Å²) in [5.41, 5.74) is 1.29. The first-order valence-corrected chi connectivity index (χ1v) is 8.26. The zero-order chi connectivity index (χ0) is 17.8. The van der Waals surface area contributed by atoms with E-state index >= 15 is 0 Å². The van der Waals surface area contributed by atoms with E-state index in [-0.39, 0.29) is 23.6 Å².